The molecule has 9 rings (SSSR count). The molecule has 0 saturated carbocycles. The van der Waals surface area contributed by atoms with Gasteiger partial charge in [-0.15, -0.1) is 0 Å². The second kappa shape index (κ2) is 10.2. The van der Waals surface area contributed by atoms with Crippen LogP contribution in [0.2, 0.25) is 0 Å². The normalized spacial score (nSPS) is 16.5. The van der Waals surface area contributed by atoms with E-state index in [9.17, 15) is 4.11 Å². The average Bonchev–Trinajstić information content (AvgIpc) is 3.45. The average molecular weight is 599 g/mol. The summed E-state index contributed by atoms with van der Waals surface area (Å²) in [6, 6.07) is 26.0. The molecule has 0 spiro atoms. The molecule has 0 fully saturated rings. The smallest absolute Gasteiger partial charge is 0.0652 e. The molecule has 0 saturated heterocycles. The molecule has 218 valence electrons. The minimum Gasteiger partial charge on any atom is -0.310 e. The highest BCUT2D eigenvalue weighted by molar-refractivity contribution is 6.25. The predicted octanol–water partition coefficient (Wildman–Crippen LogP) is 12.6. The van der Waals surface area contributed by atoms with Crippen LogP contribution in [0, 0.1) is 0 Å². The molecule has 0 bridgehead atoms. The minimum atomic E-state index is -0.604. The van der Waals surface area contributed by atoms with Gasteiger partial charge in [-0.1, -0.05) is 141 Å². The Labute approximate surface area is 285 Å². The van der Waals surface area contributed by atoms with Crippen LogP contribution in [0.25, 0.3) is 54.6 Å². The molecule has 1 heteroatoms. The van der Waals surface area contributed by atoms with E-state index in [1.54, 1.807) is 4.90 Å². The van der Waals surface area contributed by atoms with Crippen molar-refractivity contribution in [1.82, 2.24) is 0 Å². The maximum Gasteiger partial charge on any atom is 0.0652 e. The highest BCUT2D eigenvalue weighted by Crippen LogP contribution is 2.51. The zero-order valence-corrected chi connectivity index (χ0v) is 25.2. The monoisotopic (exact) mass is 598 g/mol. The molecule has 1 nitrogen and oxygen atoms in total. The lowest BCUT2D eigenvalue weighted by molar-refractivity contribution is 0.660. The second-order valence-corrected chi connectivity index (χ2v) is 12.1. The highest BCUT2D eigenvalue weighted by Gasteiger charge is 2.35. The van der Waals surface area contributed by atoms with Crippen LogP contribution in [0.15, 0.2) is 164 Å². The standard InChI is InChI=1S/C45H33N/c1-45(2)43-19-11-10-18-40(43)41-27-25-34(29-44(41)45)46(32-22-20-31(21-23-32)30-12-4-3-5-13-30)33-24-26-39-37-16-7-6-14-35(37)36-15-8-9-17-38(36)42(39)28-33/h3-29H,1-2H3/i6D,7D,8D,9D,14D,15D,16D,17D,24D,26D,28D. The van der Waals surface area contributed by atoms with Crippen LogP contribution in [-0.2, 0) is 5.41 Å². The van der Waals surface area contributed by atoms with Crippen LogP contribution < -0.4 is 4.90 Å². The van der Waals surface area contributed by atoms with Gasteiger partial charge >= 0.3 is 0 Å². The van der Waals surface area contributed by atoms with Crippen LogP contribution in [0.5, 0.6) is 0 Å². The Balaban J connectivity index is 1.43. The summed E-state index contributed by atoms with van der Waals surface area (Å²) in [6.07, 6.45) is 0. The number of fused-ring (bicyclic) bond motifs is 9. The van der Waals surface area contributed by atoms with E-state index in [0.717, 1.165) is 33.4 Å². The summed E-state index contributed by atoms with van der Waals surface area (Å²) in [5.41, 5.74) is 7.02. The summed E-state index contributed by atoms with van der Waals surface area (Å²) >= 11 is 0. The summed E-state index contributed by atoms with van der Waals surface area (Å²) < 4.78 is 99.5. The zero-order chi connectivity index (χ0) is 40.4. The molecule has 0 unspecified atom stereocenters. The molecular weight excluding hydrogens is 555 g/mol. The Morgan fingerprint density at radius 3 is 1.70 bits per heavy atom. The lowest BCUT2D eigenvalue weighted by atomic mass is 9.82. The lowest BCUT2D eigenvalue weighted by Gasteiger charge is -2.28. The fourth-order valence-electron chi connectivity index (χ4n) is 6.93. The first kappa shape index (κ1) is 17.7. The largest absolute Gasteiger partial charge is 0.310 e. The quantitative estimate of drug-likeness (QED) is 0.182. The van der Waals surface area contributed by atoms with Gasteiger partial charge in [-0.3, -0.25) is 0 Å². The second-order valence-electron chi connectivity index (χ2n) is 12.1. The molecule has 1 aliphatic carbocycles. The van der Waals surface area contributed by atoms with E-state index in [4.69, 9.17) is 11.0 Å². The van der Waals surface area contributed by atoms with Crippen molar-refractivity contribution in [3.8, 4) is 22.3 Å². The first-order valence-corrected chi connectivity index (χ1v) is 15.2. The SMILES string of the molecule is [2H]c1c([2H])c([2H])c2c(c1[2H])c1c([2H])c([2H])c([2H])c([2H])c1c1c([2H])c(N(c3ccc(-c4ccccc4)cc3)c3ccc4c(c3)C(C)(C)c3ccccc3-4)c([2H])c([2H])c21. The third kappa shape index (κ3) is 4.02. The Morgan fingerprint density at radius 2 is 1.00 bits per heavy atom. The fourth-order valence-corrected chi connectivity index (χ4v) is 6.93. The Morgan fingerprint density at radius 1 is 0.457 bits per heavy atom. The van der Waals surface area contributed by atoms with Gasteiger partial charge in [-0.05, 0) is 102 Å². The molecule has 8 aromatic carbocycles. The molecule has 0 atom stereocenters. The molecule has 0 amide bonds. The number of benzene rings is 8. The molecular formula is C45H33N. The van der Waals surface area contributed by atoms with Gasteiger partial charge in [0.1, 0.15) is 0 Å². The summed E-state index contributed by atoms with van der Waals surface area (Å²) in [5.74, 6) is 0. The van der Waals surface area contributed by atoms with E-state index >= 15 is 0 Å². The molecule has 0 aromatic heterocycles. The maximum atomic E-state index is 10.00. The fraction of sp³-hybridized carbons (Fsp3) is 0.0667. The summed E-state index contributed by atoms with van der Waals surface area (Å²) in [5, 5.41) is -0.961. The van der Waals surface area contributed by atoms with Crippen molar-refractivity contribution in [2.45, 2.75) is 19.3 Å². The number of rotatable bonds is 4. The van der Waals surface area contributed by atoms with E-state index in [1.165, 1.54) is 0 Å². The molecule has 0 N–H and O–H groups in total. The van der Waals surface area contributed by atoms with Crippen molar-refractivity contribution in [2.75, 3.05) is 4.90 Å². The first-order valence-electron chi connectivity index (χ1n) is 20.7. The Bertz CT molecular complexity index is 3010. The molecule has 0 heterocycles. The van der Waals surface area contributed by atoms with Crippen molar-refractivity contribution >= 4 is 49.4 Å². The minimum absolute atomic E-state index is 0.0258. The van der Waals surface area contributed by atoms with Gasteiger partial charge in [-0.2, -0.15) is 0 Å². The Hall–Kier alpha value is -5.66. The van der Waals surface area contributed by atoms with E-state index in [2.05, 4.69) is 26.0 Å². The third-order valence-electron chi connectivity index (χ3n) is 9.21. The zero-order valence-electron chi connectivity index (χ0n) is 36.2. The van der Waals surface area contributed by atoms with E-state index in [1.807, 2.05) is 84.9 Å². The van der Waals surface area contributed by atoms with E-state index in [0.29, 0.717) is 11.4 Å². The van der Waals surface area contributed by atoms with Crippen LogP contribution in [0.1, 0.15) is 40.1 Å². The van der Waals surface area contributed by atoms with Crippen molar-refractivity contribution in [3.63, 3.8) is 0 Å². The van der Waals surface area contributed by atoms with Crippen molar-refractivity contribution in [2.24, 2.45) is 0 Å². The topological polar surface area (TPSA) is 3.24 Å². The summed E-state index contributed by atoms with van der Waals surface area (Å²) in [6.45, 7) is 4.30. The van der Waals surface area contributed by atoms with Gasteiger partial charge in [0.25, 0.3) is 0 Å². The molecule has 8 aromatic rings. The van der Waals surface area contributed by atoms with Gasteiger partial charge < -0.3 is 4.90 Å². The Kier molecular flexibility index (Phi) is 3.93. The molecule has 0 aliphatic heterocycles. The molecule has 1 aliphatic rings. The van der Waals surface area contributed by atoms with Crippen LogP contribution in [0.4, 0.5) is 17.1 Å². The number of anilines is 3. The summed E-state index contributed by atoms with van der Waals surface area (Å²) in [7, 11) is 0. The highest BCUT2D eigenvalue weighted by atomic mass is 15.1. The third-order valence-corrected chi connectivity index (χ3v) is 9.21. The van der Waals surface area contributed by atoms with Crippen molar-refractivity contribution in [1.29, 1.82) is 0 Å². The number of hydrogen-bond acceptors (Lipinski definition) is 1. The van der Waals surface area contributed by atoms with Gasteiger partial charge in [-0.25, -0.2) is 0 Å². The van der Waals surface area contributed by atoms with E-state index in [-0.39, 0.29) is 44.0 Å². The van der Waals surface area contributed by atoms with Gasteiger partial charge in [0.15, 0.2) is 0 Å². The molecule has 46 heavy (non-hydrogen) atoms. The van der Waals surface area contributed by atoms with Crippen molar-refractivity contribution in [3.05, 3.63) is 175 Å². The van der Waals surface area contributed by atoms with Gasteiger partial charge in [0.2, 0.25) is 0 Å². The van der Waals surface area contributed by atoms with Crippen molar-refractivity contribution < 1.29 is 15.1 Å². The lowest BCUT2D eigenvalue weighted by Crippen LogP contribution is -2.16. The number of nitrogens with zero attached hydrogens (tertiary/aromatic N) is 1. The van der Waals surface area contributed by atoms with E-state index < -0.39 is 65.8 Å². The maximum absolute atomic E-state index is 10.00. The van der Waals surface area contributed by atoms with Gasteiger partial charge in [0, 0.05) is 22.5 Å². The summed E-state index contributed by atoms with van der Waals surface area (Å²) in [4.78, 5) is 1.73. The molecule has 0 radical (unpaired) electrons. The number of hydrogen-bond donors (Lipinski definition) is 0. The van der Waals surface area contributed by atoms with Crippen LogP contribution in [0.3, 0.4) is 0 Å². The van der Waals surface area contributed by atoms with Gasteiger partial charge in [0.05, 0.1) is 15.1 Å². The predicted molar refractivity (Wildman–Crippen MR) is 197 cm³/mol. The van der Waals surface area contributed by atoms with Crippen LogP contribution >= 0.6 is 0 Å². The first-order chi connectivity index (χ1) is 27.2. The van der Waals surface area contributed by atoms with Crippen LogP contribution in [-0.4, -0.2) is 0 Å².